The van der Waals surface area contributed by atoms with Crippen molar-refractivity contribution in [2.24, 2.45) is 5.92 Å². The molecule has 0 aliphatic carbocycles. The van der Waals surface area contributed by atoms with Gasteiger partial charge in [0.05, 0.1) is 25.0 Å². The van der Waals surface area contributed by atoms with Crippen LogP contribution < -0.4 is 5.32 Å². The molecular weight excluding hydrogens is 340 g/mol. The molecule has 6 nitrogen and oxygen atoms in total. The highest BCUT2D eigenvalue weighted by atomic mass is 35.5. The third-order valence-electron chi connectivity index (χ3n) is 3.93. The maximum absolute atomic E-state index is 12.3. The Morgan fingerprint density at radius 3 is 2.70 bits per heavy atom. The summed E-state index contributed by atoms with van der Waals surface area (Å²) in [5.74, 6) is -0.610. The predicted octanol–water partition coefficient (Wildman–Crippen LogP) is 1.28. The molecule has 2 rings (SSSR count). The average Bonchev–Trinajstić information content (AvgIpc) is 2.88. The second-order valence-corrected chi connectivity index (χ2v) is 8.54. The first-order chi connectivity index (χ1) is 10.7. The van der Waals surface area contributed by atoms with E-state index in [-0.39, 0.29) is 23.6 Å². The zero-order valence-corrected chi connectivity index (χ0v) is 14.9. The van der Waals surface area contributed by atoms with Gasteiger partial charge in [-0.05, 0) is 24.6 Å². The maximum atomic E-state index is 12.3. The first-order valence-corrected chi connectivity index (χ1v) is 9.24. The van der Waals surface area contributed by atoms with Crippen LogP contribution in [0.5, 0.6) is 0 Å². The largest absolute Gasteiger partial charge is 0.379 e. The number of carbonyl (C=O) groups excluding carboxylic acids is 1. The molecule has 0 spiro atoms. The third kappa shape index (κ3) is 4.44. The van der Waals surface area contributed by atoms with Gasteiger partial charge in [-0.2, -0.15) is 0 Å². The van der Waals surface area contributed by atoms with Crippen LogP contribution in [0, 0.1) is 12.8 Å². The van der Waals surface area contributed by atoms with Crippen LogP contribution in [0.4, 0.5) is 0 Å². The molecule has 1 heterocycles. The fraction of sp³-hybridized carbons (Fsp3) is 0.533. The molecule has 1 aromatic carbocycles. The van der Waals surface area contributed by atoms with Gasteiger partial charge in [0, 0.05) is 30.6 Å². The predicted molar refractivity (Wildman–Crippen MR) is 89.2 cm³/mol. The molecule has 1 aliphatic heterocycles. The van der Waals surface area contributed by atoms with Gasteiger partial charge in [0.1, 0.15) is 0 Å². The molecule has 1 aliphatic rings. The molecule has 0 unspecified atom stereocenters. The minimum atomic E-state index is -3.35. The number of amides is 1. The Balaban J connectivity index is 2.06. The summed E-state index contributed by atoms with van der Waals surface area (Å²) in [5.41, 5.74) is 1.34. The molecule has 2 atom stereocenters. The van der Waals surface area contributed by atoms with E-state index in [1.807, 2.05) is 6.92 Å². The Kier molecular flexibility index (Phi) is 5.67. The Labute approximate surface area is 141 Å². The minimum absolute atomic E-state index is 0.0560. The number of ether oxygens (including phenoxy) is 1. The standard InChI is InChI=1S/C15H21ClN2O4S/c1-10-4-5-11(6-13(10)16)15(19)17-14-8-22-7-12(14)9-23(20,21)18(2)3/h4-6,12,14H,7-9H2,1-3H3,(H,17,19)/t12-,14-/m0/s1. The lowest BCUT2D eigenvalue weighted by atomic mass is 10.1. The van der Waals surface area contributed by atoms with Gasteiger partial charge in [-0.25, -0.2) is 12.7 Å². The van der Waals surface area contributed by atoms with Gasteiger partial charge in [-0.15, -0.1) is 0 Å². The van der Waals surface area contributed by atoms with Gasteiger partial charge in [-0.3, -0.25) is 4.79 Å². The van der Waals surface area contributed by atoms with Crippen molar-refractivity contribution in [1.82, 2.24) is 9.62 Å². The van der Waals surface area contributed by atoms with Crippen LogP contribution in [0.15, 0.2) is 18.2 Å². The van der Waals surface area contributed by atoms with Gasteiger partial charge in [-0.1, -0.05) is 17.7 Å². The molecule has 1 amide bonds. The summed E-state index contributed by atoms with van der Waals surface area (Å²) in [7, 11) is -0.360. The van der Waals surface area contributed by atoms with Crippen LogP contribution in [0.25, 0.3) is 0 Å². The van der Waals surface area contributed by atoms with Crippen molar-refractivity contribution in [1.29, 1.82) is 0 Å². The Bertz CT molecular complexity index is 691. The van der Waals surface area contributed by atoms with Gasteiger partial charge in [0.2, 0.25) is 10.0 Å². The number of hydrogen-bond donors (Lipinski definition) is 1. The van der Waals surface area contributed by atoms with Crippen LogP contribution in [-0.2, 0) is 14.8 Å². The minimum Gasteiger partial charge on any atom is -0.379 e. The fourth-order valence-corrected chi connectivity index (χ4v) is 3.68. The second kappa shape index (κ2) is 7.17. The number of hydrogen-bond acceptors (Lipinski definition) is 4. The lowest BCUT2D eigenvalue weighted by Crippen LogP contribution is -2.43. The van der Waals surface area contributed by atoms with E-state index < -0.39 is 10.0 Å². The first-order valence-electron chi connectivity index (χ1n) is 7.25. The number of aryl methyl sites for hydroxylation is 1. The lowest BCUT2D eigenvalue weighted by Gasteiger charge is -2.21. The number of carbonyl (C=O) groups is 1. The van der Waals surface area contributed by atoms with Crippen molar-refractivity contribution >= 4 is 27.5 Å². The van der Waals surface area contributed by atoms with E-state index in [1.165, 1.54) is 18.4 Å². The molecule has 128 valence electrons. The third-order valence-corrected chi connectivity index (χ3v) is 6.30. The van der Waals surface area contributed by atoms with E-state index >= 15 is 0 Å². The van der Waals surface area contributed by atoms with E-state index in [2.05, 4.69) is 5.32 Å². The number of rotatable bonds is 5. The van der Waals surface area contributed by atoms with Crippen molar-refractivity contribution in [3.8, 4) is 0 Å². The first kappa shape index (κ1) is 18.2. The van der Waals surface area contributed by atoms with Crippen LogP contribution in [0.3, 0.4) is 0 Å². The number of halogens is 1. The highest BCUT2D eigenvalue weighted by Gasteiger charge is 2.34. The monoisotopic (exact) mass is 360 g/mol. The van der Waals surface area contributed by atoms with E-state index in [4.69, 9.17) is 16.3 Å². The zero-order chi connectivity index (χ0) is 17.2. The number of nitrogens with zero attached hydrogens (tertiary/aromatic N) is 1. The van der Waals surface area contributed by atoms with Gasteiger partial charge in [0.25, 0.3) is 5.91 Å². The Morgan fingerprint density at radius 2 is 2.09 bits per heavy atom. The molecule has 1 saturated heterocycles. The summed E-state index contributed by atoms with van der Waals surface area (Å²) >= 11 is 6.04. The lowest BCUT2D eigenvalue weighted by molar-refractivity contribution is 0.0926. The van der Waals surface area contributed by atoms with E-state index in [1.54, 1.807) is 18.2 Å². The van der Waals surface area contributed by atoms with Crippen LogP contribution in [0.2, 0.25) is 5.02 Å². The molecule has 8 heteroatoms. The molecule has 0 bridgehead atoms. The molecule has 1 N–H and O–H groups in total. The van der Waals surface area contributed by atoms with Crippen LogP contribution in [0.1, 0.15) is 15.9 Å². The smallest absolute Gasteiger partial charge is 0.251 e. The van der Waals surface area contributed by atoms with E-state index in [0.717, 1.165) is 5.56 Å². The van der Waals surface area contributed by atoms with Crippen LogP contribution >= 0.6 is 11.6 Å². The molecule has 23 heavy (non-hydrogen) atoms. The van der Waals surface area contributed by atoms with Crippen molar-refractivity contribution in [2.75, 3.05) is 33.1 Å². The molecule has 0 radical (unpaired) electrons. The quantitative estimate of drug-likeness (QED) is 0.858. The molecule has 0 aromatic heterocycles. The van der Waals surface area contributed by atoms with Crippen molar-refractivity contribution in [3.63, 3.8) is 0 Å². The summed E-state index contributed by atoms with van der Waals surface area (Å²) in [6, 6.07) is 4.74. The summed E-state index contributed by atoms with van der Waals surface area (Å²) in [6.45, 7) is 2.47. The van der Waals surface area contributed by atoms with Gasteiger partial charge >= 0.3 is 0 Å². The normalized spacial score (nSPS) is 21.6. The summed E-state index contributed by atoms with van der Waals surface area (Å²) in [6.07, 6.45) is 0. The topological polar surface area (TPSA) is 75.7 Å². The average molecular weight is 361 g/mol. The summed E-state index contributed by atoms with van der Waals surface area (Å²) in [5, 5.41) is 3.37. The molecule has 1 fully saturated rings. The number of nitrogens with one attached hydrogen (secondary N) is 1. The fourth-order valence-electron chi connectivity index (χ4n) is 2.33. The second-order valence-electron chi connectivity index (χ2n) is 5.90. The van der Waals surface area contributed by atoms with E-state index in [9.17, 15) is 13.2 Å². The van der Waals surface area contributed by atoms with Crippen molar-refractivity contribution < 1.29 is 17.9 Å². The summed E-state index contributed by atoms with van der Waals surface area (Å²) < 4.78 is 30.6. The zero-order valence-electron chi connectivity index (χ0n) is 13.4. The number of benzene rings is 1. The van der Waals surface area contributed by atoms with Crippen molar-refractivity contribution in [2.45, 2.75) is 13.0 Å². The molecule has 1 aromatic rings. The maximum Gasteiger partial charge on any atom is 0.251 e. The molecular formula is C15H21ClN2O4S. The SMILES string of the molecule is Cc1ccc(C(=O)N[C@H]2COC[C@H]2CS(=O)(=O)N(C)C)cc1Cl. The molecule has 0 saturated carbocycles. The summed E-state index contributed by atoms with van der Waals surface area (Å²) in [4.78, 5) is 12.3. The number of sulfonamides is 1. The highest BCUT2D eigenvalue weighted by Crippen LogP contribution is 2.20. The Morgan fingerprint density at radius 1 is 1.39 bits per heavy atom. The van der Waals surface area contributed by atoms with E-state index in [0.29, 0.717) is 23.8 Å². The Hall–Kier alpha value is -1.15. The van der Waals surface area contributed by atoms with Crippen LogP contribution in [-0.4, -0.2) is 57.7 Å². The van der Waals surface area contributed by atoms with Crippen molar-refractivity contribution in [3.05, 3.63) is 34.3 Å². The highest BCUT2D eigenvalue weighted by molar-refractivity contribution is 7.89. The van der Waals surface area contributed by atoms with Gasteiger partial charge in [0.15, 0.2) is 0 Å². The van der Waals surface area contributed by atoms with Gasteiger partial charge < -0.3 is 10.1 Å².